The average Bonchev–Trinajstić information content (AvgIpc) is 3.27. The Balaban J connectivity index is 1.32. The Morgan fingerprint density at radius 2 is 2.16 bits per heavy atom. The molecule has 1 aromatic carbocycles. The van der Waals surface area contributed by atoms with Gasteiger partial charge in [-0.1, -0.05) is 23.4 Å². The molecule has 1 N–H and O–H groups in total. The highest BCUT2D eigenvalue weighted by Gasteiger charge is 2.27. The molecule has 25 heavy (non-hydrogen) atoms. The SMILES string of the molecule is O=C(NCc1cccnc1)C1=NOC(Cc2nc3ccccc3o2)C1. The Hall–Kier alpha value is -3.22. The highest BCUT2D eigenvalue weighted by molar-refractivity contribution is 6.39. The summed E-state index contributed by atoms with van der Waals surface area (Å²) in [4.78, 5) is 26.0. The number of benzene rings is 1. The first-order valence-electron chi connectivity index (χ1n) is 8.02. The van der Waals surface area contributed by atoms with E-state index < -0.39 is 0 Å². The third-order valence-corrected chi connectivity index (χ3v) is 3.91. The summed E-state index contributed by atoms with van der Waals surface area (Å²) in [5.74, 6) is 0.349. The van der Waals surface area contributed by atoms with Crippen molar-refractivity contribution in [3.8, 4) is 0 Å². The van der Waals surface area contributed by atoms with E-state index in [1.807, 2.05) is 36.4 Å². The fraction of sp³-hybridized carbons (Fsp3) is 0.222. The first-order chi connectivity index (χ1) is 12.3. The van der Waals surface area contributed by atoms with Crippen LogP contribution in [0.15, 0.2) is 58.4 Å². The van der Waals surface area contributed by atoms with Crippen molar-refractivity contribution < 1.29 is 14.0 Å². The predicted octanol–water partition coefficient (Wildman–Crippen LogP) is 2.23. The second-order valence-corrected chi connectivity index (χ2v) is 5.79. The van der Waals surface area contributed by atoms with Crippen LogP contribution in [0.4, 0.5) is 0 Å². The lowest BCUT2D eigenvalue weighted by Crippen LogP contribution is -2.30. The van der Waals surface area contributed by atoms with Crippen molar-refractivity contribution in [3.63, 3.8) is 0 Å². The molecule has 1 aliphatic rings. The van der Waals surface area contributed by atoms with Crippen LogP contribution in [0.5, 0.6) is 0 Å². The smallest absolute Gasteiger partial charge is 0.269 e. The molecule has 0 saturated heterocycles. The minimum Gasteiger partial charge on any atom is -0.441 e. The van der Waals surface area contributed by atoms with Gasteiger partial charge in [0.1, 0.15) is 17.3 Å². The zero-order valence-electron chi connectivity index (χ0n) is 13.4. The lowest BCUT2D eigenvalue weighted by molar-refractivity contribution is -0.115. The van der Waals surface area contributed by atoms with E-state index in [4.69, 9.17) is 9.25 Å². The summed E-state index contributed by atoms with van der Waals surface area (Å²) in [7, 11) is 0. The molecule has 0 spiro atoms. The Labute approximate surface area is 143 Å². The molecular formula is C18H16N4O3. The van der Waals surface area contributed by atoms with Crippen LogP contribution in [-0.4, -0.2) is 27.7 Å². The molecule has 0 aliphatic carbocycles. The number of aromatic nitrogens is 2. The van der Waals surface area contributed by atoms with Gasteiger partial charge >= 0.3 is 0 Å². The van der Waals surface area contributed by atoms with Crippen molar-refractivity contribution in [1.82, 2.24) is 15.3 Å². The van der Waals surface area contributed by atoms with E-state index in [1.165, 1.54) is 0 Å². The molecule has 1 atom stereocenters. The van der Waals surface area contributed by atoms with Crippen LogP contribution in [-0.2, 0) is 22.6 Å². The average molecular weight is 336 g/mol. The molecule has 0 saturated carbocycles. The number of hydrogen-bond acceptors (Lipinski definition) is 6. The number of fused-ring (bicyclic) bond motifs is 1. The fourth-order valence-corrected chi connectivity index (χ4v) is 2.66. The molecule has 2 aromatic heterocycles. The number of nitrogens with zero attached hydrogens (tertiary/aromatic N) is 3. The Morgan fingerprint density at radius 3 is 3.00 bits per heavy atom. The summed E-state index contributed by atoms with van der Waals surface area (Å²) in [6, 6.07) is 11.3. The highest BCUT2D eigenvalue weighted by atomic mass is 16.6. The summed E-state index contributed by atoms with van der Waals surface area (Å²) in [6.45, 7) is 0.404. The maximum Gasteiger partial charge on any atom is 0.269 e. The number of nitrogens with one attached hydrogen (secondary N) is 1. The number of rotatable bonds is 5. The van der Waals surface area contributed by atoms with E-state index in [0.29, 0.717) is 31.0 Å². The third kappa shape index (κ3) is 3.50. The molecule has 4 rings (SSSR count). The third-order valence-electron chi connectivity index (χ3n) is 3.91. The maximum atomic E-state index is 12.2. The number of amides is 1. The summed E-state index contributed by atoms with van der Waals surface area (Å²) in [6.07, 6.45) is 4.06. The van der Waals surface area contributed by atoms with Gasteiger partial charge in [-0.25, -0.2) is 4.98 Å². The Morgan fingerprint density at radius 1 is 1.24 bits per heavy atom. The van der Waals surface area contributed by atoms with E-state index in [0.717, 1.165) is 16.7 Å². The van der Waals surface area contributed by atoms with Crippen molar-refractivity contribution >= 4 is 22.7 Å². The molecule has 3 aromatic rings. The second kappa shape index (κ2) is 6.72. The molecule has 7 nitrogen and oxygen atoms in total. The van der Waals surface area contributed by atoms with Crippen LogP contribution in [0.25, 0.3) is 11.1 Å². The maximum absolute atomic E-state index is 12.2. The molecular weight excluding hydrogens is 320 g/mol. The van der Waals surface area contributed by atoms with Gasteiger partial charge in [-0.2, -0.15) is 0 Å². The second-order valence-electron chi connectivity index (χ2n) is 5.79. The quantitative estimate of drug-likeness (QED) is 0.772. The van der Waals surface area contributed by atoms with Gasteiger partial charge in [-0.05, 0) is 23.8 Å². The van der Waals surface area contributed by atoms with Crippen LogP contribution in [0.3, 0.4) is 0 Å². The minimum atomic E-state index is -0.243. The molecule has 0 fully saturated rings. The van der Waals surface area contributed by atoms with Crippen molar-refractivity contribution in [2.75, 3.05) is 0 Å². The van der Waals surface area contributed by atoms with Gasteiger partial charge in [0.05, 0.1) is 6.42 Å². The van der Waals surface area contributed by atoms with Crippen molar-refractivity contribution in [1.29, 1.82) is 0 Å². The monoisotopic (exact) mass is 336 g/mol. The lowest BCUT2D eigenvalue weighted by Gasteiger charge is -2.05. The standard InChI is InChI=1S/C18H16N4O3/c23-18(20-11-12-4-3-7-19-10-12)15-8-13(25-22-15)9-17-21-14-5-1-2-6-16(14)24-17/h1-7,10,13H,8-9,11H2,(H,20,23). The minimum absolute atomic E-state index is 0.232. The van der Waals surface area contributed by atoms with Gasteiger partial charge in [0.15, 0.2) is 11.5 Å². The van der Waals surface area contributed by atoms with Crippen molar-refractivity contribution in [3.05, 3.63) is 60.2 Å². The van der Waals surface area contributed by atoms with E-state index in [9.17, 15) is 4.79 Å². The summed E-state index contributed by atoms with van der Waals surface area (Å²) in [5, 5.41) is 6.72. The molecule has 0 radical (unpaired) electrons. The lowest BCUT2D eigenvalue weighted by atomic mass is 10.1. The number of pyridine rings is 1. The van der Waals surface area contributed by atoms with Gasteiger partial charge in [-0.15, -0.1) is 0 Å². The van der Waals surface area contributed by atoms with Gasteiger partial charge in [-0.3, -0.25) is 9.78 Å². The molecule has 7 heteroatoms. The van der Waals surface area contributed by atoms with Crippen LogP contribution in [0.1, 0.15) is 17.9 Å². The largest absolute Gasteiger partial charge is 0.441 e. The number of para-hydroxylation sites is 2. The number of oxazole rings is 1. The molecule has 1 amide bonds. The van der Waals surface area contributed by atoms with Crippen LogP contribution < -0.4 is 5.32 Å². The van der Waals surface area contributed by atoms with Crippen LogP contribution in [0.2, 0.25) is 0 Å². The Kier molecular flexibility index (Phi) is 4.12. The predicted molar refractivity (Wildman–Crippen MR) is 90.7 cm³/mol. The highest BCUT2D eigenvalue weighted by Crippen LogP contribution is 2.20. The van der Waals surface area contributed by atoms with Gasteiger partial charge in [0.25, 0.3) is 5.91 Å². The number of oxime groups is 1. The van der Waals surface area contributed by atoms with Gasteiger partial charge in [0.2, 0.25) is 0 Å². The summed E-state index contributed by atoms with van der Waals surface area (Å²) >= 11 is 0. The Bertz CT molecular complexity index is 887. The molecule has 126 valence electrons. The number of hydrogen-bond donors (Lipinski definition) is 1. The normalized spacial score (nSPS) is 16.5. The number of carbonyl (C=O) groups is 1. The summed E-state index contributed by atoms with van der Waals surface area (Å²) in [5.41, 5.74) is 2.86. The molecule has 1 unspecified atom stereocenters. The van der Waals surface area contributed by atoms with Crippen molar-refractivity contribution in [2.45, 2.75) is 25.5 Å². The number of carbonyl (C=O) groups excluding carboxylic acids is 1. The fourth-order valence-electron chi connectivity index (χ4n) is 2.66. The van der Waals surface area contributed by atoms with E-state index >= 15 is 0 Å². The van der Waals surface area contributed by atoms with Crippen molar-refractivity contribution in [2.24, 2.45) is 5.16 Å². The van der Waals surface area contributed by atoms with E-state index in [2.05, 4.69) is 20.4 Å². The molecule has 0 bridgehead atoms. The topological polar surface area (TPSA) is 89.6 Å². The zero-order chi connectivity index (χ0) is 17.1. The molecule has 1 aliphatic heterocycles. The van der Waals surface area contributed by atoms with Crippen LogP contribution >= 0.6 is 0 Å². The zero-order valence-corrected chi connectivity index (χ0v) is 13.4. The van der Waals surface area contributed by atoms with Gasteiger partial charge < -0.3 is 14.6 Å². The van der Waals surface area contributed by atoms with Gasteiger partial charge in [0, 0.05) is 25.4 Å². The van der Waals surface area contributed by atoms with Crippen LogP contribution in [0, 0.1) is 0 Å². The summed E-state index contributed by atoms with van der Waals surface area (Å²) < 4.78 is 5.68. The van der Waals surface area contributed by atoms with E-state index in [1.54, 1.807) is 12.4 Å². The van der Waals surface area contributed by atoms with E-state index in [-0.39, 0.29) is 12.0 Å². The first kappa shape index (κ1) is 15.3. The first-order valence-corrected chi connectivity index (χ1v) is 8.02. The molecule has 3 heterocycles.